The maximum Gasteiger partial charge on any atom is 0.270 e. The Bertz CT molecular complexity index is 1330. The molecule has 1 saturated heterocycles. The molecule has 3 aromatic rings. The number of benzene rings is 1. The highest BCUT2D eigenvalue weighted by molar-refractivity contribution is 7.16. The smallest absolute Gasteiger partial charge is 0.270 e. The molecule has 2 aromatic heterocycles. The second-order valence-corrected chi connectivity index (χ2v) is 13.4. The summed E-state index contributed by atoms with van der Waals surface area (Å²) in [5.74, 6) is 2.79. The number of aryl methyl sites for hydroxylation is 1. The summed E-state index contributed by atoms with van der Waals surface area (Å²) in [7, 11) is 0. The van der Waals surface area contributed by atoms with Crippen LogP contribution in [-0.4, -0.2) is 51.9 Å². The summed E-state index contributed by atoms with van der Waals surface area (Å²) in [5.41, 5.74) is 3.13. The van der Waals surface area contributed by atoms with E-state index in [0.29, 0.717) is 32.1 Å². The number of piperazine rings is 1. The second-order valence-electron chi connectivity index (χ2n) is 12.5. The Kier molecular flexibility index (Phi) is 5.54. The van der Waals surface area contributed by atoms with E-state index in [1.807, 2.05) is 4.90 Å². The number of fused-ring (bicyclic) bond motifs is 1. The zero-order chi connectivity index (χ0) is 25.3. The first-order chi connectivity index (χ1) is 17.9. The van der Waals surface area contributed by atoms with Crippen molar-refractivity contribution >= 4 is 33.4 Å². The van der Waals surface area contributed by atoms with Gasteiger partial charge in [-0.3, -0.25) is 9.59 Å². The van der Waals surface area contributed by atoms with Gasteiger partial charge in [0.2, 0.25) is 5.91 Å². The minimum atomic E-state index is -0.109. The number of aromatic nitrogens is 1. The fourth-order valence-electron chi connectivity index (χ4n) is 8.55. The molecule has 4 saturated carbocycles. The zero-order valence-corrected chi connectivity index (χ0v) is 22.8. The third-order valence-electron chi connectivity index (χ3n) is 9.98. The van der Waals surface area contributed by atoms with Crippen LogP contribution in [0.2, 0.25) is 0 Å². The number of hydrogen-bond donors (Lipinski definition) is 0. The normalized spacial score (nSPS) is 30.9. The fourth-order valence-corrected chi connectivity index (χ4v) is 9.45. The van der Waals surface area contributed by atoms with Crippen molar-refractivity contribution in [3.63, 3.8) is 0 Å². The summed E-state index contributed by atoms with van der Waals surface area (Å²) in [6.07, 6.45) is 7.37. The maximum atomic E-state index is 14.0. The Morgan fingerprint density at radius 1 is 1.00 bits per heavy atom. The van der Waals surface area contributed by atoms with Crippen LogP contribution in [0.15, 0.2) is 41.8 Å². The predicted octanol–water partition coefficient (Wildman–Crippen LogP) is 5.95. The Hall–Kier alpha value is -2.60. The standard InChI is InChI=1S/C31H37N3O2S/c1-20-5-3-4-6-26(20)19-34-27(14-25-7-10-37-29(25)34)28(35)32-8-9-33(21(2)18-32)30(36)31-15-22-11-23(16-31)13-24(12-22)17-31/h3-7,10,14,21-24H,8-9,11-13,15-19H2,1-2H3/t21-,22?,23?,24?,31?/m0/s1. The van der Waals surface area contributed by atoms with Gasteiger partial charge in [0.15, 0.2) is 0 Å². The highest BCUT2D eigenvalue weighted by Gasteiger charge is 2.56. The molecule has 5 nitrogen and oxygen atoms in total. The number of rotatable bonds is 4. The number of carbonyl (C=O) groups is 2. The van der Waals surface area contributed by atoms with Crippen LogP contribution >= 0.6 is 11.3 Å². The summed E-state index contributed by atoms with van der Waals surface area (Å²) in [6, 6.07) is 12.6. The molecular weight excluding hydrogens is 478 g/mol. The van der Waals surface area contributed by atoms with Gasteiger partial charge in [-0.2, -0.15) is 0 Å². The molecule has 4 aliphatic carbocycles. The van der Waals surface area contributed by atoms with Gasteiger partial charge in [0.1, 0.15) is 10.5 Å². The van der Waals surface area contributed by atoms with E-state index in [4.69, 9.17) is 0 Å². The molecule has 37 heavy (non-hydrogen) atoms. The Balaban J connectivity index is 1.10. The van der Waals surface area contributed by atoms with Gasteiger partial charge in [0.05, 0.1) is 5.41 Å². The highest BCUT2D eigenvalue weighted by Crippen LogP contribution is 2.60. The van der Waals surface area contributed by atoms with E-state index in [1.54, 1.807) is 11.3 Å². The summed E-state index contributed by atoms with van der Waals surface area (Å²) >= 11 is 1.70. The molecule has 194 valence electrons. The van der Waals surface area contributed by atoms with Gasteiger partial charge in [-0.05, 0) is 98.8 Å². The molecule has 3 heterocycles. The average Bonchev–Trinajstić information content (AvgIpc) is 3.46. The lowest BCUT2D eigenvalue weighted by atomic mass is 9.49. The lowest BCUT2D eigenvalue weighted by Crippen LogP contribution is -2.61. The minimum Gasteiger partial charge on any atom is -0.336 e. The van der Waals surface area contributed by atoms with Gasteiger partial charge in [-0.15, -0.1) is 11.3 Å². The highest BCUT2D eigenvalue weighted by atomic mass is 32.1. The third-order valence-corrected chi connectivity index (χ3v) is 10.9. The van der Waals surface area contributed by atoms with Crippen molar-refractivity contribution < 1.29 is 9.59 Å². The van der Waals surface area contributed by atoms with Gasteiger partial charge in [-0.25, -0.2) is 0 Å². The third kappa shape index (κ3) is 3.86. The van der Waals surface area contributed by atoms with E-state index >= 15 is 0 Å². The van der Waals surface area contributed by atoms with Crippen molar-refractivity contribution in [2.45, 2.75) is 65.0 Å². The van der Waals surface area contributed by atoms with Gasteiger partial charge in [0.25, 0.3) is 5.91 Å². The first kappa shape index (κ1) is 23.5. The molecule has 0 N–H and O–H groups in total. The molecule has 5 aliphatic rings. The zero-order valence-electron chi connectivity index (χ0n) is 22.0. The Morgan fingerprint density at radius 2 is 1.70 bits per heavy atom. The lowest BCUT2D eigenvalue weighted by Gasteiger charge is -2.57. The SMILES string of the molecule is Cc1ccccc1Cn1c(C(=O)N2CCN(C(=O)C34CC5CC(CC(C5)C3)C4)[C@@H](C)C2)cc2ccsc21. The maximum absolute atomic E-state index is 14.0. The van der Waals surface area contributed by atoms with Crippen molar-refractivity contribution in [1.82, 2.24) is 14.4 Å². The van der Waals surface area contributed by atoms with Crippen LogP contribution in [0.25, 0.3) is 10.2 Å². The number of thiophene rings is 1. The van der Waals surface area contributed by atoms with E-state index in [-0.39, 0.29) is 17.4 Å². The molecule has 2 amide bonds. The first-order valence-corrected chi connectivity index (χ1v) is 15.0. The summed E-state index contributed by atoms with van der Waals surface area (Å²) in [6.45, 7) is 6.85. The van der Waals surface area contributed by atoms with Crippen LogP contribution < -0.4 is 0 Å². The van der Waals surface area contributed by atoms with E-state index in [2.05, 4.69) is 65.1 Å². The summed E-state index contributed by atoms with van der Waals surface area (Å²) in [4.78, 5) is 33.2. The van der Waals surface area contributed by atoms with E-state index in [1.165, 1.54) is 30.4 Å². The fraction of sp³-hybridized carbons (Fsp3) is 0.548. The van der Waals surface area contributed by atoms with Crippen molar-refractivity contribution in [1.29, 1.82) is 0 Å². The predicted molar refractivity (Wildman–Crippen MR) is 148 cm³/mol. The minimum absolute atomic E-state index is 0.0547. The molecule has 5 fully saturated rings. The molecule has 0 spiro atoms. The molecular formula is C31H37N3O2S. The number of carbonyl (C=O) groups excluding carboxylic acids is 2. The van der Waals surface area contributed by atoms with Gasteiger partial charge in [0, 0.05) is 37.6 Å². The van der Waals surface area contributed by atoms with Crippen LogP contribution in [0, 0.1) is 30.1 Å². The lowest BCUT2D eigenvalue weighted by molar-refractivity contribution is -0.161. The van der Waals surface area contributed by atoms with Crippen LogP contribution in [0.3, 0.4) is 0 Å². The molecule has 1 atom stereocenters. The van der Waals surface area contributed by atoms with Gasteiger partial charge < -0.3 is 14.4 Å². The quantitative estimate of drug-likeness (QED) is 0.431. The molecule has 0 radical (unpaired) electrons. The number of amides is 2. The van der Waals surface area contributed by atoms with Gasteiger partial charge >= 0.3 is 0 Å². The van der Waals surface area contributed by atoms with Crippen molar-refractivity contribution in [3.05, 3.63) is 58.6 Å². The van der Waals surface area contributed by atoms with Crippen molar-refractivity contribution in [2.24, 2.45) is 23.2 Å². The van der Waals surface area contributed by atoms with E-state index in [9.17, 15) is 9.59 Å². The van der Waals surface area contributed by atoms with Gasteiger partial charge in [-0.1, -0.05) is 24.3 Å². The first-order valence-electron chi connectivity index (χ1n) is 14.1. The second kappa shape index (κ2) is 8.72. The van der Waals surface area contributed by atoms with Crippen molar-refractivity contribution in [2.75, 3.05) is 19.6 Å². The Morgan fingerprint density at radius 3 is 2.38 bits per heavy atom. The number of hydrogen-bond acceptors (Lipinski definition) is 3. The van der Waals surface area contributed by atoms with Crippen LogP contribution in [0.1, 0.15) is 67.1 Å². The monoisotopic (exact) mass is 515 g/mol. The molecule has 0 unspecified atom stereocenters. The molecule has 1 aliphatic heterocycles. The topological polar surface area (TPSA) is 45.6 Å². The summed E-state index contributed by atoms with van der Waals surface area (Å²) < 4.78 is 2.20. The summed E-state index contributed by atoms with van der Waals surface area (Å²) in [5, 5.41) is 3.23. The molecule has 1 aromatic carbocycles. The van der Waals surface area contributed by atoms with Crippen molar-refractivity contribution in [3.8, 4) is 0 Å². The molecule has 6 heteroatoms. The molecule has 8 rings (SSSR count). The average molecular weight is 516 g/mol. The van der Waals surface area contributed by atoms with Crippen LogP contribution in [0.4, 0.5) is 0 Å². The molecule has 4 bridgehead atoms. The van der Waals surface area contributed by atoms with E-state index < -0.39 is 0 Å². The Labute approximate surface area is 223 Å². The van der Waals surface area contributed by atoms with Crippen LogP contribution in [-0.2, 0) is 11.3 Å². The van der Waals surface area contributed by atoms with Crippen LogP contribution in [0.5, 0.6) is 0 Å². The largest absolute Gasteiger partial charge is 0.336 e. The number of nitrogens with zero attached hydrogens (tertiary/aromatic N) is 3. The van der Waals surface area contributed by atoms with E-state index in [0.717, 1.165) is 52.9 Å².